The first-order valence-corrected chi connectivity index (χ1v) is 6.44. The molecule has 4 fully saturated rings. The monoisotopic (exact) mass is 202 g/mol. The Morgan fingerprint density at radius 2 is 1.79 bits per heavy atom. The highest BCUT2D eigenvalue weighted by Crippen LogP contribution is 2.79. The summed E-state index contributed by atoms with van der Waals surface area (Å²) in [4.78, 5) is 1.49. The lowest BCUT2D eigenvalue weighted by Crippen LogP contribution is -2.00. The molecule has 0 aromatic heterocycles. The highest BCUT2D eigenvalue weighted by Gasteiger charge is 2.74. The molecule has 1 heteroatoms. The first-order valence-electron chi connectivity index (χ1n) is 5.62. The average molecular weight is 202 g/mol. The van der Waals surface area contributed by atoms with Gasteiger partial charge < -0.3 is 0 Å². The van der Waals surface area contributed by atoms with Crippen molar-refractivity contribution in [3.8, 4) is 0 Å². The fraction of sp³-hybridized carbons (Fsp3) is 0.538. The summed E-state index contributed by atoms with van der Waals surface area (Å²) in [5.41, 5.74) is 0. The molecule has 0 radical (unpaired) electrons. The molecule has 4 aliphatic carbocycles. The zero-order valence-electron chi connectivity index (χ0n) is 8.15. The van der Waals surface area contributed by atoms with Crippen molar-refractivity contribution in [2.45, 2.75) is 28.9 Å². The van der Waals surface area contributed by atoms with Gasteiger partial charge in [0.1, 0.15) is 0 Å². The van der Waals surface area contributed by atoms with E-state index in [2.05, 4.69) is 42.1 Å². The molecular weight excluding hydrogens is 188 g/mol. The molecule has 0 spiro atoms. The van der Waals surface area contributed by atoms with Crippen LogP contribution in [0.3, 0.4) is 0 Å². The van der Waals surface area contributed by atoms with E-state index in [1.165, 1.54) is 11.3 Å². The molecule has 72 valence electrons. The van der Waals surface area contributed by atoms with Gasteiger partial charge in [-0.2, -0.15) is 0 Å². The normalized spacial score (nSPS) is 47.0. The Morgan fingerprint density at radius 3 is 2.36 bits per heavy atom. The van der Waals surface area contributed by atoms with Crippen molar-refractivity contribution >= 4 is 11.8 Å². The summed E-state index contributed by atoms with van der Waals surface area (Å²) in [5.74, 6) is 3.29. The Bertz CT molecular complexity index is 358. The van der Waals surface area contributed by atoms with Crippen molar-refractivity contribution in [3.05, 3.63) is 30.3 Å². The third kappa shape index (κ3) is 0.826. The zero-order chi connectivity index (χ0) is 9.17. The average Bonchev–Trinajstić information content (AvgIpc) is 2.70. The number of hydrogen-bond acceptors (Lipinski definition) is 1. The highest BCUT2D eigenvalue weighted by molar-refractivity contribution is 8.01. The van der Waals surface area contributed by atoms with Crippen molar-refractivity contribution < 1.29 is 0 Å². The standard InChI is InChI=1S/C13H14S/c1-2-4-10(5-3-1)14-13-8-9-6-11(13)12(13)7-9/h1-5,9,11-12H,6-8H2. The first kappa shape index (κ1) is 7.81. The maximum absolute atomic E-state index is 2.27. The third-order valence-electron chi connectivity index (χ3n) is 4.47. The van der Waals surface area contributed by atoms with Crippen LogP contribution in [-0.2, 0) is 0 Å². The predicted molar refractivity (Wildman–Crippen MR) is 59.4 cm³/mol. The third-order valence-corrected chi connectivity index (χ3v) is 6.13. The van der Waals surface area contributed by atoms with Crippen LogP contribution in [0.25, 0.3) is 0 Å². The second-order valence-electron chi connectivity index (χ2n) is 5.12. The summed E-state index contributed by atoms with van der Waals surface area (Å²) in [5, 5.41) is 0. The van der Waals surface area contributed by atoms with Gasteiger partial charge >= 0.3 is 0 Å². The molecule has 0 N–H and O–H groups in total. The fourth-order valence-corrected chi connectivity index (χ4v) is 5.75. The summed E-state index contributed by atoms with van der Waals surface area (Å²) < 4.78 is 0.714. The van der Waals surface area contributed by atoms with Crippen LogP contribution in [0.1, 0.15) is 19.3 Å². The zero-order valence-corrected chi connectivity index (χ0v) is 8.96. The molecule has 2 atom stereocenters. The van der Waals surface area contributed by atoms with Crippen LogP contribution >= 0.6 is 11.8 Å². The van der Waals surface area contributed by atoms with Crippen LogP contribution in [-0.4, -0.2) is 4.75 Å². The minimum atomic E-state index is 0.714. The maximum atomic E-state index is 2.27. The summed E-state index contributed by atoms with van der Waals surface area (Å²) in [6.07, 6.45) is 4.61. The minimum Gasteiger partial charge on any atom is -0.119 e. The predicted octanol–water partition coefficient (Wildman–Crippen LogP) is 3.58. The van der Waals surface area contributed by atoms with Crippen LogP contribution in [0.2, 0.25) is 0 Å². The van der Waals surface area contributed by atoms with Gasteiger partial charge in [0.25, 0.3) is 0 Å². The van der Waals surface area contributed by atoms with E-state index in [1.807, 2.05) is 0 Å². The van der Waals surface area contributed by atoms with E-state index in [0.29, 0.717) is 4.75 Å². The number of hydrogen-bond donors (Lipinski definition) is 0. The van der Waals surface area contributed by atoms with Gasteiger partial charge in [-0.05, 0) is 49.1 Å². The summed E-state index contributed by atoms with van der Waals surface area (Å²) >= 11 is 2.18. The molecule has 1 aromatic carbocycles. The summed E-state index contributed by atoms with van der Waals surface area (Å²) in [7, 11) is 0. The molecule has 1 aromatic rings. The Hall–Kier alpha value is -0.430. The molecule has 0 heterocycles. The molecule has 14 heavy (non-hydrogen) atoms. The van der Waals surface area contributed by atoms with Gasteiger partial charge in [-0.3, -0.25) is 0 Å². The van der Waals surface area contributed by atoms with Gasteiger partial charge in [0.05, 0.1) is 0 Å². The second-order valence-corrected chi connectivity index (χ2v) is 6.56. The van der Waals surface area contributed by atoms with Crippen LogP contribution in [0, 0.1) is 17.8 Å². The van der Waals surface area contributed by atoms with Gasteiger partial charge in [-0.25, -0.2) is 0 Å². The van der Waals surface area contributed by atoms with E-state index in [0.717, 1.165) is 17.8 Å². The lowest BCUT2D eigenvalue weighted by molar-refractivity contribution is 0.605. The Labute approximate surface area is 89.1 Å². The number of thioether (sulfide) groups is 1. The molecule has 4 bridgehead atoms. The van der Waals surface area contributed by atoms with Gasteiger partial charge in [-0.15, -0.1) is 11.8 Å². The number of rotatable bonds is 2. The summed E-state index contributed by atoms with van der Waals surface area (Å²) in [6, 6.07) is 11.0. The molecule has 4 saturated carbocycles. The van der Waals surface area contributed by atoms with Crippen LogP contribution in [0.15, 0.2) is 35.2 Å². The van der Waals surface area contributed by atoms with Gasteiger partial charge in [0.15, 0.2) is 0 Å². The van der Waals surface area contributed by atoms with E-state index in [4.69, 9.17) is 0 Å². The Kier molecular flexibility index (Phi) is 1.33. The smallest absolute Gasteiger partial charge is 0.0272 e. The van der Waals surface area contributed by atoms with Gasteiger partial charge in [0.2, 0.25) is 0 Å². The van der Waals surface area contributed by atoms with Crippen molar-refractivity contribution in [2.75, 3.05) is 0 Å². The van der Waals surface area contributed by atoms with Crippen molar-refractivity contribution in [2.24, 2.45) is 17.8 Å². The van der Waals surface area contributed by atoms with Crippen molar-refractivity contribution in [1.29, 1.82) is 0 Å². The number of benzene rings is 1. The van der Waals surface area contributed by atoms with E-state index in [-0.39, 0.29) is 0 Å². The van der Waals surface area contributed by atoms with E-state index >= 15 is 0 Å². The molecule has 0 nitrogen and oxygen atoms in total. The molecule has 0 aliphatic heterocycles. The van der Waals surface area contributed by atoms with Gasteiger partial charge in [-0.1, -0.05) is 18.2 Å². The topological polar surface area (TPSA) is 0 Å². The molecule has 4 aliphatic rings. The van der Waals surface area contributed by atoms with E-state index < -0.39 is 0 Å². The Balaban J connectivity index is 1.63. The molecule has 0 amide bonds. The lowest BCUT2D eigenvalue weighted by atomic mass is 10.1. The fourth-order valence-electron chi connectivity index (χ4n) is 3.94. The first-order chi connectivity index (χ1) is 6.88. The Morgan fingerprint density at radius 1 is 1.07 bits per heavy atom. The molecular formula is C13H14S. The minimum absolute atomic E-state index is 0.714. The van der Waals surface area contributed by atoms with Crippen LogP contribution < -0.4 is 0 Å². The second kappa shape index (κ2) is 2.38. The quantitative estimate of drug-likeness (QED) is 0.706. The SMILES string of the molecule is c1ccc(SC23CC4CC2C3C4)cc1. The van der Waals surface area contributed by atoms with Crippen LogP contribution in [0.4, 0.5) is 0 Å². The molecule has 2 unspecified atom stereocenters. The lowest BCUT2D eigenvalue weighted by Gasteiger charge is -2.10. The van der Waals surface area contributed by atoms with Crippen LogP contribution in [0.5, 0.6) is 0 Å². The van der Waals surface area contributed by atoms with Gasteiger partial charge in [0, 0.05) is 9.64 Å². The highest BCUT2D eigenvalue weighted by atomic mass is 32.2. The molecule has 0 saturated heterocycles. The van der Waals surface area contributed by atoms with Crippen molar-refractivity contribution in [1.82, 2.24) is 0 Å². The molecule has 5 rings (SSSR count). The van der Waals surface area contributed by atoms with Crippen molar-refractivity contribution in [3.63, 3.8) is 0 Å². The van der Waals surface area contributed by atoms with E-state index in [9.17, 15) is 0 Å². The summed E-state index contributed by atoms with van der Waals surface area (Å²) in [6.45, 7) is 0. The largest absolute Gasteiger partial charge is 0.119 e. The van der Waals surface area contributed by atoms with E-state index in [1.54, 1.807) is 12.8 Å². The maximum Gasteiger partial charge on any atom is 0.0272 e.